The predicted octanol–water partition coefficient (Wildman–Crippen LogP) is 4.13. The molecule has 1 aliphatic heterocycles. The number of benzene rings is 1. The first kappa shape index (κ1) is 14.3. The average Bonchev–Trinajstić information content (AvgIpc) is 2.67. The molecule has 0 bridgehead atoms. The Bertz CT molecular complexity index is 573. The van der Waals surface area contributed by atoms with Gasteiger partial charge in [0.1, 0.15) is 0 Å². The van der Waals surface area contributed by atoms with E-state index in [0.717, 1.165) is 24.7 Å². The van der Waals surface area contributed by atoms with E-state index in [4.69, 9.17) is 11.6 Å². The van der Waals surface area contributed by atoms with E-state index in [2.05, 4.69) is 41.5 Å². The van der Waals surface area contributed by atoms with Crippen molar-refractivity contribution in [3.8, 4) is 0 Å². The largest absolute Gasteiger partial charge is 0.317 e. The van der Waals surface area contributed by atoms with Gasteiger partial charge < -0.3 is 5.32 Å². The normalized spacial score (nSPS) is 20.4. The monoisotopic (exact) mass is 308 g/mol. The van der Waals surface area contributed by atoms with Gasteiger partial charge in [0.25, 0.3) is 0 Å². The van der Waals surface area contributed by atoms with Gasteiger partial charge in [-0.3, -0.25) is 4.90 Å². The van der Waals surface area contributed by atoms with Gasteiger partial charge >= 0.3 is 0 Å². The van der Waals surface area contributed by atoms with E-state index in [1.807, 2.05) is 11.3 Å². The number of thiophene rings is 1. The molecular weight excluding hydrogens is 288 g/mol. The van der Waals surface area contributed by atoms with Crippen LogP contribution in [0.25, 0.3) is 10.1 Å². The molecule has 2 nitrogen and oxygen atoms in total. The molecule has 1 atom stereocenters. The molecule has 1 saturated heterocycles. The van der Waals surface area contributed by atoms with Gasteiger partial charge in [0.2, 0.25) is 0 Å². The zero-order valence-electron chi connectivity index (χ0n) is 11.9. The highest BCUT2D eigenvalue weighted by Crippen LogP contribution is 2.36. The number of hydrogen-bond acceptors (Lipinski definition) is 3. The molecule has 2 aromatic rings. The first-order chi connectivity index (χ1) is 9.75. The van der Waals surface area contributed by atoms with Gasteiger partial charge in [0.15, 0.2) is 0 Å². The summed E-state index contributed by atoms with van der Waals surface area (Å²) >= 11 is 8.38. The van der Waals surface area contributed by atoms with Gasteiger partial charge in [0, 0.05) is 27.5 Å². The molecule has 2 heterocycles. The molecule has 20 heavy (non-hydrogen) atoms. The highest BCUT2D eigenvalue weighted by atomic mass is 35.5. The van der Waals surface area contributed by atoms with E-state index in [1.54, 1.807) is 0 Å². The highest BCUT2D eigenvalue weighted by Gasteiger charge is 2.19. The van der Waals surface area contributed by atoms with E-state index < -0.39 is 0 Å². The molecule has 0 spiro atoms. The first-order valence-corrected chi connectivity index (χ1v) is 8.52. The fraction of sp³-hybridized carbons (Fsp3) is 0.500. The van der Waals surface area contributed by atoms with Gasteiger partial charge in [-0.05, 0) is 45.5 Å². The highest BCUT2D eigenvalue weighted by molar-refractivity contribution is 7.19. The number of halogens is 1. The smallest absolute Gasteiger partial charge is 0.0637 e. The summed E-state index contributed by atoms with van der Waals surface area (Å²) in [5.74, 6) is 0. The van der Waals surface area contributed by atoms with E-state index in [0.29, 0.717) is 6.04 Å². The second-order valence-electron chi connectivity index (χ2n) is 5.59. The van der Waals surface area contributed by atoms with Crippen molar-refractivity contribution in [2.45, 2.75) is 31.8 Å². The first-order valence-electron chi connectivity index (χ1n) is 7.32. The number of fused-ring (bicyclic) bond motifs is 1. The molecule has 3 rings (SSSR count). The molecule has 0 radical (unpaired) electrons. The summed E-state index contributed by atoms with van der Waals surface area (Å²) in [5, 5.41) is 5.63. The zero-order valence-corrected chi connectivity index (χ0v) is 13.4. The Balaban J connectivity index is 1.76. The topological polar surface area (TPSA) is 15.3 Å². The third kappa shape index (κ3) is 3.01. The lowest BCUT2D eigenvalue weighted by atomic mass is 10.1. The minimum Gasteiger partial charge on any atom is -0.317 e. The summed E-state index contributed by atoms with van der Waals surface area (Å²) in [4.78, 5) is 3.77. The molecule has 0 amide bonds. The molecule has 108 valence electrons. The van der Waals surface area contributed by atoms with Gasteiger partial charge in [-0.2, -0.15) is 0 Å². The molecule has 0 aliphatic carbocycles. The van der Waals surface area contributed by atoms with Crippen LogP contribution in [0.5, 0.6) is 0 Å². The Morgan fingerprint density at radius 3 is 3.00 bits per heavy atom. The fourth-order valence-electron chi connectivity index (χ4n) is 2.96. The summed E-state index contributed by atoms with van der Waals surface area (Å²) < 4.78 is 1.29. The van der Waals surface area contributed by atoms with E-state index >= 15 is 0 Å². The number of nitrogens with zero attached hydrogens (tertiary/aromatic N) is 1. The van der Waals surface area contributed by atoms with Crippen LogP contribution in [-0.4, -0.2) is 31.1 Å². The van der Waals surface area contributed by atoms with Crippen LogP contribution in [0.1, 0.15) is 24.1 Å². The Morgan fingerprint density at radius 1 is 1.30 bits per heavy atom. The lowest BCUT2D eigenvalue weighted by molar-refractivity contribution is 0.218. The number of nitrogens with one attached hydrogen (secondary N) is 1. The van der Waals surface area contributed by atoms with Gasteiger partial charge in [-0.25, -0.2) is 0 Å². The van der Waals surface area contributed by atoms with Crippen molar-refractivity contribution in [2.75, 3.05) is 20.1 Å². The summed E-state index contributed by atoms with van der Waals surface area (Å²) in [5.41, 5.74) is 0. The number of hydrogen-bond donors (Lipinski definition) is 1. The number of rotatable bonds is 3. The van der Waals surface area contributed by atoms with Crippen molar-refractivity contribution in [3.63, 3.8) is 0 Å². The molecule has 1 unspecified atom stereocenters. The van der Waals surface area contributed by atoms with Crippen molar-refractivity contribution in [1.29, 1.82) is 0 Å². The van der Waals surface area contributed by atoms with Crippen molar-refractivity contribution >= 4 is 33.0 Å². The lowest BCUT2D eigenvalue weighted by Crippen LogP contribution is -2.31. The maximum absolute atomic E-state index is 6.54. The lowest BCUT2D eigenvalue weighted by Gasteiger charge is -2.26. The predicted molar refractivity (Wildman–Crippen MR) is 88.8 cm³/mol. The molecule has 1 N–H and O–H groups in total. The molecule has 1 aromatic heterocycles. The van der Waals surface area contributed by atoms with Crippen LogP contribution in [0.15, 0.2) is 24.3 Å². The van der Waals surface area contributed by atoms with Crippen LogP contribution in [-0.2, 0) is 6.54 Å². The maximum atomic E-state index is 6.54. The zero-order chi connectivity index (χ0) is 13.9. The van der Waals surface area contributed by atoms with E-state index in [1.165, 1.54) is 34.2 Å². The molecule has 1 aliphatic rings. The summed E-state index contributed by atoms with van der Waals surface area (Å²) in [6.45, 7) is 3.26. The summed E-state index contributed by atoms with van der Waals surface area (Å²) in [6, 6.07) is 9.09. The molecular formula is C16H21ClN2S. The standard InChI is InChI=1S/C16H21ClN2S/c1-19(12-5-4-9-18-10-8-12)11-15-16(17)13-6-2-3-7-14(13)20-15/h2-3,6-7,12,18H,4-5,8-11H2,1H3. The third-order valence-electron chi connectivity index (χ3n) is 4.16. The molecule has 1 fully saturated rings. The average molecular weight is 309 g/mol. The van der Waals surface area contributed by atoms with Crippen LogP contribution in [0.4, 0.5) is 0 Å². The van der Waals surface area contributed by atoms with Gasteiger partial charge in [-0.1, -0.05) is 29.8 Å². The quantitative estimate of drug-likeness (QED) is 0.917. The maximum Gasteiger partial charge on any atom is 0.0637 e. The third-order valence-corrected chi connectivity index (χ3v) is 5.86. The van der Waals surface area contributed by atoms with Crippen LogP contribution in [0.3, 0.4) is 0 Å². The van der Waals surface area contributed by atoms with Gasteiger partial charge in [-0.15, -0.1) is 11.3 Å². The van der Waals surface area contributed by atoms with Crippen molar-refractivity contribution < 1.29 is 0 Å². The molecule has 0 saturated carbocycles. The van der Waals surface area contributed by atoms with Crippen LogP contribution < -0.4 is 5.32 Å². The van der Waals surface area contributed by atoms with E-state index in [-0.39, 0.29) is 0 Å². The summed E-state index contributed by atoms with van der Waals surface area (Å²) in [7, 11) is 2.23. The Labute approximate surface area is 129 Å². The van der Waals surface area contributed by atoms with Crippen molar-refractivity contribution in [3.05, 3.63) is 34.2 Å². The van der Waals surface area contributed by atoms with Crippen molar-refractivity contribution in [2.24, 2.45) is 0 Å². The van der Waals surface area contributed by atoms with Gasteiger partial charge in [0.05, 0.1) is 5.02 Å². The Hall–Kier alpha value is -0.610. The molecule has 1 aromatic carbocycles. The van der Waals surface area contributed by atoms with Crippen LogP contribution >= 0.6 is 22.9 Å². The minimum atomic E-state index is 0.672. The second-order valence-corrected chi connectivity index (χ2v) is 7.10. The Morgan fingerprint density at radius 2 is 2.15 bits per heavy atom. The fourth-order valence-corrected chi connectivity index (χ4v) is 4.52. The van der Waals surface area contributed by atoms with Crippen molar-refractivity contribution in [1.82, 2.24) is 10.2 Å². The van der Waals surface area contributed by atoms with Crippen LogP contribution in [0, 0.1) is 0 Å². The Kier molecular flexibility index (Phi) is 4.61. The second kappa shape index (κ2) is 6.44. The van der Waals surface area contributed by atoms with Crippen LogP contribution in [0.2, 0.25) is 5.02 Å². The minimum absolute atomic E-state index is 0.672. The molecule has 4 heteroatoms. The summed E-state index contributed by atoms with van der Waals surface area (Å²) in [6.07, 6.45) is 3.79. The van der Waals surface area contributed by atoms with E-state index in [9.17, 15) is 0 Å². The SMILES string of the molecule is CN(Cc1sc2ccccc2c1Cl)C1CCCNCC1.